The summed E-state index contributed by atoms with van der Waals surface area (Å²) in [5.41, 5.74) is 8.78. The number of aryl methyl sites for hydroxylation is 2. The maximum Gasteiger partial charge on any atom is 0.234 e. The summed E-state index contributed by atoms with van der Waals surface area (Å²) in [5.74, 6) is 0.427. The Morgan fingerprint density at radius 3 is 3.00 bits per heavy atom. The molecule has 0 radical (unpaired) electrons. The number of rotatable bonds is 5. The van der Waals surface area contributed by atoms with E-state index in [2.05, 4.69) is 25.4 Å². The third-order valence-electron chi connectivity index (χ3n) is 5.05. The van der Waals surface area contributed by atoms with Gasteiger partial charge in [0.25, 0.3) is 0 Å². The molecule has 0 atom stereocenters. The summed E-state index contributed by atoms with van der Waals surface area (Å²) >= 11 is 9.06. The van der Waals surface area contributed by atoms with Crippen LogP contribution in [0.4, 0.5) is 11.5 Å². The van der Waals surface area contributed by atoms with Gasteiger partial charge < -0.3 is 11.1 Å². The van der Waals surface area contributed by atoms with Gasteiger partial charge in [-0.05, 0) is 49.4 Å². The number of nitrogens with one attached hydrogen (secondary N) is 1. The van der Waals surface area contributed by atoms with E-state index in [-0.39, 0.29) is 11.7 Å². The lowest BCUT2D eigenvalue weighted by atomic mass is 9.97. The van der Waals surface area contributed by atoms with Crippen LogP contribution < -0.4 is 11.1 Å². The number of nitrogens with zero attached hydrogens (tertiary/aromatic N) is 5. The van der Waals surface area contributed by atoms with Gasteiger partial charge in [0.2, 0.25) is 5.91 Å². The predicted octanol–water partition coefficient (Wildman–Crippen LogP) is 4.12. The largest absolute Gasteiger partial charge is 0.383 e. The molecule has 0 fully saturated rings. The van der Waals surface area contributed by atoms with Crippen LogP contribution in [-0.4, -0.2) is 36.4 Å². The van der Waals surface area contributed by atoms with Gasteiger partial charge in [0.1, 0.15) is 23.3 Å². The highest BCUT2D eigenvalue weighted by Crippen LogP contribution is 2.38. The van der Waals surface area contributed by atoms with Crippen molar-refractivity contribution in [1.82, 2.24) is 24.7 Å². The molecule has 0 spiro atoms. The number of hydrogen-bond donors (Lipinski definition) is 2. The lowest BCUT2D eigenvalue weighted by Gasteiger charge is -2.11. The molecule has 0 unspecified atom stereocenters. The molecule has 1 aliphatic rings. The van der Waals surface area contributed by atoms with E-state index in [4.69, 9.17) is 17.3 Å². The van der Waals surface area contributed by atoms with E-state index < -0.39 is 0 Å². The number of halogens is 1. The molecule has 8 nitrogen and oxygen atoms in total. The number of benzene rings is 1. The number of aromatic nitrogens is 5. The van der Waals surface area contributed by atoms with Crippen LogP contribution in [0.3, 0.4) is 0 Å². The van der Waals surface area contributed by atoms with Crippen LogP contribution in [0.25, 0.3) is 15.9 Å². The molecule has 0 saturated heterocycles. The van der Waals surface area contributed by atoms with Crippen molar-refractivity contribution in [2.75, 3.05) is 16.8 Å². The second-order valence-electron chi connectivity index (χ2n) is 7.12. The summed E-state index contributed by atoms with van der Waals surface area (Å²) in [7, 11) is 0. The Bertz CT molecular complexity index is 1270. The Balaban J connectivity index is 1.32. The second-order valence-corrected chi connectivity index (χ2v) is 9.58. The standard InChI is InChI=1S/C20H18ClN7OS2/c21-11-5-6-14(28-10-23-9-24-28)13(7-11)25-16(29)8-30-20-26-18(22)17-12-3-1-2-4-15(12)31-19(17)27-20/h5-7,9-10H,1-4,8H2,(H,25,29)(H2,22,26,27). The first-order chi connectivity index (χ1) is 15.1. The molecule has 0 bridgehead atoms. The van der Waals surface area contributed by atoms with Crippen molar-refractivity contribution >= 4 is 62.3 Å². The third kappa shape index (κ3) is 4.10. The molecule has 4 aromatic rings. The second kappa shape index (κ2) is 8.45. The highest BCUT2D eigenvalue weighted by atomic mass is 35.5. The zero-order chi connectivity index (χ0) is 21.4. The minimum atomic E-state index is -0.207. The van der Waals surface area contributed by atoms with Crippen molar-refractivity contribution in [2.45, 2.75) is 30.8 Å². The first-order valence-corrected chi connectivity index (χ1v) is 11.9. The number of fused-ring (bicyclic) bond motifs is 3. The molecule has 11 heteroatoms. The zero-order valence-corrected chi connectivity index (χ0v) is 18.7. The fourth-order valence-corrected chi connectivity index (χ4v) is 5.84. The number of hydrogen-bond acceptors (Lipinski definition) is 8. The lowest BCUT2D eigenvalue weighted by Crippen LogP contribution is -2.16. The summed E-state index contributed by atoms with van der Waals surface area (Å²) in [5, 5.41) is 9.00. The quantitative estimate of drug-likeness (QED) is 0.332. The fourth-order valence-electron chi connectivity index (χ4n) is 3.69. The molecule has 5 rings (SSSR count). The molecular formula is C20H18ClN7OS2. The van der Waals surface area contributed by atoms with Gasteiger partial charge >= 0.3 is 0 Å². The number of thiophene rings is 1. The van der Waals surface area contributed by atoms with Crippen molar-refractivity contribution in [3.63, 3.8) is 0 Å². The molecule has 31 heavy (non-hydrogen) atoms. The van der Waals surface area contributed by atoms with Crippen LogP contribution in [0.1, 0.15) is 23.3 Å². The molecule has 0 aliphatic heterocycles. The highest BCUT2D eigenvalue weighted by molar-refractivity contribution is 7.99. The van der Waals surface area contributed by atoms with E-state index in [9.17, 15) is 4.79 Å². The Labute approximate surface area is 191 Å². The van der Waals surface area contributed by atoms with E-state index in [0.717, 1.165) is 23.1 Å². The topological polar surface area (TPSA) is 112 Å². The summed E-state index contributed by atoms with van der Waals surface area (Å²) in [4.78, 5) is 27.9. The third-order valence-corrected chi connectivity index (χ3v) is 7.32. The summed E-state index contributed by atoms with van der Waals surface area (Å²) in [6, 6.07) is 5.18. The first-order valence-electron chi connectivity index (χ1n) is 9.73. The number of nitrogens with two attached hydrogens (primary N) is 1. The highest BCUT2D eigenvalue weighted by Gasteiger charge is 2.20. The first kappa shape index (κ1) is 20.2. The number of amides is 1. The normalized spacial score (nSPS) is 13.3. The average molecular weight is 472 g/mol. The Morgan fingerprint density at radius 2 is 2.16 bits per heavy atom. The number of thioether (sulfide) groups is 1. The van der Waals surface area contributed by atoms with Crippen LogP contribution in [0.5, 0.6) is 0 Å². The molecular weight excluding hydrogens is 454 g/mol. The molecule has 3 N–H and O–H groups in total. The molecule has 1 amide bonds. The molecule has 3 heterocycles. The molecule has 158 valence electrons. The monoisotopic (exact) mass is 471 g/mol. The smallest absolute Gasteiger partial charge is 0.234 e. The van der Waals surface area contributed by atoms with Gasteiger partial charge in [0, 0.05) is 9.90 Å². The molecule has 0 saturated carbocycles. The van der Waals surface area contributed by atoms with E-state index in [1.165, 1.54) is 41.4 Å². The van der Waals surface area contributed by atoms with Gasteiger partial charge in [0.05, 0.1) is 22.5 Å². The van der Waals surface area contributed by atoms with E-state index in [1.54, 1.807) is 40.5 Å². The van der Waals surface area contributed by atoms with Crippen LogP contribution in [0.2, 0.25) is 5.02 Å². The van der Waals surface area contributed by atoms with Crippen molar-refractivity contribution < 1.29 is 4.79 Å². The summed E-state index contributed by atoms with van der Waals surface area (Å²) in [6.07, 6.45) is 7.47. The van der Waals surface area contributed by atoms with Gasteiger partial charge in [-0.15, -0.1) is 11.3 Å². The molecule has 3 aromatic heterocycles. The average Bonchev–Trinajstić information content (AvgIpc) is 3.40. The molecule has 1 aromatic carbocycles. The summed E-state index contributed by atoms with van der Waals surface area (Å²) in [6.45, 7) is 0. The SMILES string of the molecule is Nc1nc(SCC(=O)Nc2cc(Cl)ccc2-n2cncn2)nc2sc3c(c12)CCCC3. The van der Waals surface area contributed by atoms with E-state index in [1.807, 2.05) is 0 Å². The number of carbonyl (C=O) groups excluding carboxylic acids is 1. The van der Waals surface area contributed by atoms with E-state index in [0.29, 0.717) is 27.4 Å². The van der Waals surface area contributed by atoms with Gasteiger partial charge in [-0.25, -0.2) is 19.6 Å². The van der Waals surface area contributed by atoms with Crippen LogP contribution in [-0.2, 0) is 17.6 Å². The summed E-state index contributed by atoms with van der Waals surface area (Å²) < 4.78 is 1.56. The number of nitrogen functional groups attached to an aromatic ring is 1. The molecule has 1 aliphatic carbocycles. The van der Waals surface area contributed by atoms with Crippen molar-refractivity contribution in [1.29, 1.82) is 0 Å². The maximum absolute atomic E-state index is 12.6. The van der Waals surface area contributed by atoms with Gasteiger partial charge in [-0.2, -0.15) is 5.10 Å². The van der Waals surface area contributed by atoms with Crippen molar-refractivity contribution in [2.24, 2.45) is 0 Å². The minimum absolute atomic E-state index is 0.138. The predicted molar refractivity (Wildman–Crippen MR) is 124 cm³/mol. The Kier molecular flexibility index (Phi) is 5.51. The van der Waals surface area contributed by atoms with Crippen LogP contribution in [0.15, 0.2) is 36.0 Å². The van der Waals surface area contributed by atoms with Gasteiger partial charge in [-0.3, -0.25) is 4.79 Å². The Hall–Kier alpha value is -2.69. The number of carbonyl (C=O) groups is 1. The van der Waals surface area contributed by atoms with Crippen molar-refractivity contribution in [3.8, 4) is 5.69 Å². The van der Waals surface area contributed by atoms with E-state index >= 15 is 0 Å². The maximum atomic E-state index is 12.6. The van der Waals surface area contributed by atoms with Gasteiger partial charge in [-0.1, -0.05) is 23.4 Å². The minimum Gasteiger partial charge on any atom is -0.383 e. The van der Waals surface area contributed by atoms with Gasteiger partial charge in [0.15, 0.2) is 5.16 Å². The fraction of sp³-hybridized carbons (Fsp3) is 0.250. The van der Waals surface area contributed by atoms with Crippen LogP contribution >= 0.6 is 34.7 Å². The number of anilines is 2. The lowest BCUT2D eigenvalue weighted by molar-refractivity contribution is -0.113. The Morgan fingerprint density at radius 1 is 1.29 bits per heavy atom. The van der Waals surface area contributed by atoms with Crippen molar-refractivity contribution in [3.05, 3.63) is 46.3 Å². The van der Waals surface area contributed by atoms with Crippen LogP contribution in [0, 0.1) is 0 Å². The zero-order valence-electron chi connectivity index (χ0n) is 16.3.